The molecule has 1 aromatic heterocycles. The van der Waals surface area contributed by atoms with Crippen LogP contribution in [0.4, 0.5) is 0 Å². The Kier molecular flexibility index (Phi) is 2.33. The summed E-state index contributed by atoms with van der Waals surface area (Å²) >= 11 is 0. The number of hydrogen-bond acceptors (Lipinski definition) is 1. The highest BCUT2D eigenvalue weighted by atomic mass is 16.5. The Morgan fingerprint density at radius 3 is 2.76 bits per heavy atom. The van der Waals surface area contributed by atoms with Crippen LogP contribution in [0.2, 0.25) is 0 Å². The minimum Gasteiger partial charge on any atom is -0.494 e. The first-order valence-corrected chi connectivity index (χ1v) is 5.51. The summed E-state index contributed by atoms with van der Waals surface area (Å²) in [7, 11) is 1.67. The minimum absolute atomic E-state index is 0.821. The molecular formula is C15H12NO. The standard InChI is InChI=1S/C15H12NO/c1-17-15-10-16-9-14(15)13-8-4-6-11-5-2-3-7-12(11)13/h2-8,10,16H,1H3. The van der Waals surface area contributed by atoms with Crippen molar-refractivity contribution in [2.24, 2.45) is 0 Å². The monoisotopic (exact) mass is 222 g/mol. The first-order valence-electron chi connectivity index (χ1n) is 5.51. The number of hydrogen-bond donors (Lipinski definition) is 1. The van der Waals surface area contributed by atoms with Crippen LogP contribution < -0.4 is 4.74 Å². The third kappa shape index (κ3) is 1.58. The fraction of sp³-hybridized carbons (Fsp3) is 0.0667. The Morgan fingerprint density at radius 1 is 1.06 bits per heavy atom. The molecule has 3 aromatic rings. The minimum atomic E-state index is 0.821. The van der Waals surface area contributed by atoms with Gasteiger partial charge in [-0.2, -0.15) is 0 Å². The van der Waals surface area contributed by atoms with Gasteiger partial charge in [-0.3, -0.25) is 0 Å². The lowest BCUT2D eigenvalue weighted by Gasteiger charge is -2.06. The van der Waals surface area contributed by atoms with Gasteiger partial charge in [-0.25, -0.2) is 0 Å². The quantitative estimate of drug-likeness (QED) is 0.703. The van der Waals surface area contributed by atoms with E-state index in [1.807, 2.05) is 18.3 Å². The van der Waals surface area contributed by atoms with Gasteiger partial charge in [-0.15, -0.1) is 0 Å². The summed E-state index contributed by atoms with van der Waals surface area (Å²) < 4.78 is 5.33. The van der Waals surface area contributed by atoms with E-state index in [-0.39, 0.29) is 0 Å². The molecule has 1 N–H and O–H groups in total. The van der Waals surface area contributed by atoms with Gasteiger partial charge in [0.2, 0.25) is 0 Å². The van der Waals surface area contributed by atoms with Crippen LogP contribution in [-0.2, 0) is 0 Å². The van der Waals surface area contributed by atoms with Crippen molar-refractivity contribution in [3.63, 3.8) is 0 Å². The smallest absolute Gasteiger partial charge is 0.144 e. The van der Waals surface area contributed by atoms with Crippen molar-refractivity contribution >= 4 is 10.8 Å². The number of benzene rings is 2. The zero-order chi connectivity index (χ0) is 11.7. The molecule has 0 fully saturated rings. The lowest BCUT2D eigenvalue weighted by molar-refractivity contribution is 0.417. The number of aromatic nitrogens is 1. The normalized spacial score (nSPS) is 10.6. The Bertz CT molecular complexity index is 649. The number of rotatable bonds is 2. The summed E-state index contributed by atoms with van der Waals surface area (Å²) in [6, 6.07) is 14.6. The fourth-order valence-electron chi connectivity index (χ4n) is 2.11. The van der Waals surface area contributed by atoms with Gasteiger partial charge < -0.3 is 9.72 Å². The summed E-state index contributed by atoms with van der Waals surface area (Å²) in [5, 5.41) is 2.44. The van der Waals surface area contributed by atoms with E-state index in [1.165, 1.54) is 10.8 Å². The molecule has 0 saturated heterocycles. The molecule has 1 heterocycles. The third-order valence-electron chi connectivity index (χ3n) is 2.93. The maximum Gasteiger partial charge on any atom is 0.144 e. The average Bonchev–Trinajstić information content (AvgIpc) is 2.86. The van der Waals surface area contributed by atoms with Crippen LogP contribution in [0.25, 0.3) is 21.9 Å². The van der Waals surface area contributed by atoms with Crippen LogP contribution in [-0.4, -0.2) is 12.1 Å². The fourth-order valence-corrected chi connectivity index (χ4v) is 2.11. The van der Waals surface area contributed by atoms with E-state index in [2.05, 4.69) is 41.5 Å². The van der Waals surface area contributed by atoms with Crippen molar-refractivity contribution in [2.45, 2.75) is 0 Å². The molecule has 0 spiro atoms. The largest absolute Gasteiger partial charge is 0.494 e. The lowest BCUT2D eigenvalue weighted by atomic mass is 10.00. The maximum absolute atomic E-state index is 5.33. The van der Waals surface area contributed by atoms with Crippen LogP contribution in [0.15, 0.2) is 48.7 Å². The molecule has 0 aliphatic rings. The maximum atomic E-state index is 5.33. The van der Waals surface area contributed by atoms with E-state index < -0.39 is 0 Å². The van der Waals surface area contributed by atoms with Gasteiger partial charge in [-0.05, 0) is 16.3 Å². The number of nitrogens with one attached hydrogen (secondary N) is 1. The molecule has 2 nitrogen and oxygen atoms in total. The number of fused-ring (bicyclic) bond motifs is 1. The van der Waals surface area contributed by atoms with Crippen molar-refractivity contribution in [1.82, 2.24) is 4.98 Å². The summed E-state index contributed by atoms with van der Waals surface area (Å²) in [6.45, 7) is 0. The molecule has 0 aliphatic heterocycles. The number of aromatic amines is 1. The van der Waals surface area contributed by atoms with Crippen LogP contribution in [0, 0.1) is 6.20 Å². The molecular weight excluding hydrogens is 210 g/mol. The predicted octanol–water partition coefficient (Wildman–Crippen LogP) is 3.64. The van der Waals surface area contributed by atoms with E-state index in [4.69, 9.17) is 4.74 Å². The Hall–Kier alpha value is -2.22. The molecule has 0 bridgehead atoms. The second-order valence-electron chi connectivity index (χ2n) is 3.88. The summed E-state index contributed by atoms with van der Waals surface area (Å²) in [6.07, 6.45) is 4.93. The van der Waals surface area contributed by atoms with Crippen molar-refractivity contribution in [3.8, 4) is 16.9 Å². The van der Waals surface area contributed by atoms with Crippen LogP contribution >= 0.6 is 0 Å². The second-order valence-corrected chi connectivity index (χ2v) is 3.88. The highest BCUT2D eigenvalue weighted by Crippen LogP contribution is 2.34. The van der Waals surface area contributed by atoms with E-state index in [0.717, 1.165) is 16.9 Å². The van der Waals surface area contributed by atoms with Crippen LogP contribution in [0.3, 0.4) is 0 Å². The highest BCUT2D eigenvalue weighted by molar-refractivity contribution is 5.97. The Morgan fingerprint density at radius 2 is 1.88 bits per heavy atom. The zero-order valence-electron chi connectivity index (χ0n) is 9.53. The first kappa shape index (κ1) is 9.97. The second kappa shape index (κ2) is 3.98. The van der Waals surface area contributed by atoms with Gasteiger partial charge >= 0.3 is 0 Å². The Labute approximate surface area is 99.9 Å². The van der Waals surface area contributed by atoms with Crippen LogP contribution in [0.5, 0.6) is 5.75 Å². The summed E-state index contributed by atoms with van der Waals surface area (Å²) in [4.78, 5) is 2.96. The van der Waals surface area contributed by atoms with E-state index in [9.17, 15) is 0 Å². The van der Waals surface area contributed by atoms with Gasteiger partial charge in [-0.1, -0.05) is 42.5 Å². The summed E-state index contributed by atoms with van der Waals surface area (Å²) in [5.41, 5.74) is 2.12. The van der Waals surface area contributed by atoms with Gasteiger partial charge in [0.25, 0.3) is 0 Å². The highest BCUT2D eigenvalue weighted by Gasteiger charge is 2.09. The molecule has 0 atom stereocenters. The first-order chi connectivity index (χ1) is 8.40. The number of ether oxygens (including phenoxy) is 1. The van der Waals surface area contributed by atoms with E-state index in [0.29, 0.717) is 0 Å². The topological polar surface area (TPSA) is 25.0 Å². The van der Waals surface area contributed by atoms with Crippen molar-refractivity contribution < 1.29 is 4.74 Å². The summed E-state index contributed by atoms with van der Waals surface area (Å²) in [5.74, 6) is 0.821. The molecule has 0 aliphatic carbocycles. The Balaban J connectivity index is 2.31. The molecule has 0 amide bonds. The van der Waals surface area contributed by atoms with Gasteiger partial charge in [0, 0.05) is 6.20 Å². The average molecular weight is 222 g/mol. The van der Waals surface area contributed by atoms with Gasteiger partial charge in [0.1, 0.15) is 5.75 Å². The van der Waals surface area contributed by atoms with Crippen molar-refractivity contribution in [2.75, 3.05) is 7.11 Å². The molecule has 0 unspecified atom stereocenters. The zero-order valence-corrected chi connectivity index (χ0v) is 9.53. The van der Waals surface area contributed by atoms with Crippen molar-refractivity contribution in [3.05, 3.63) is 54.9 Å². The third-order valence-corrected chi connectivity index (χ3v) is 2.93. The predicted molar refractivity (Wildman–Crippen MR) is 69.1 cm³/mol. The number of methoxy groups -OCH3 is 1. The molecule has 83 valence electrons. The molecule has 17 heavy (non-hydrogen) atoms. The van der Waals surface area contributed by atoms with Crippen LogP contribution in [0.1, 0.15) is 0 Å². The van der Waals surface area contributed by atoms with E-state index >= 15 is 0 Å². The molecule has 2 heteroatoms. The molecule has 3 rings (SSSR count). The molecule has 1 radical (unpaired) electrons. The lowest BCUT2D eigenvalue weighted by Crippen LogP contribution is -1.84. The van der Waals surface area contributed by atoms with Gasteiger partial charge in [0.05, 0.1) is 18.9 Å². The van der Waals surface area contributed by atoms with E-state index in [1.54, 1.807) is 7.11 Å². The molecule has 0 saturated carbocycles. The number of H-pyrrole nitrogens is 1. The SMILES string of the molecule is COc1c[nH][c]c1-c1cccc2ccccc12. The van der Waals surface area contributed by atoms with Gasteiger partial charge in [0.15, 0.2) is 0 Å². The van der Waals surface area contributed by atoms with Crippen molar-refractivity contribution in [1.29, 1.82) is 0 Å². The molecule has 2 aromatic carbocycles.